The number of hydrogen-bond acceptors (Lipinski definition) is 3. The summed E-state index contributed by atoms with van der Waals surface area (Å²) >= 11 is 2.62. The lowest BCUT2D eigenvalue weighted by atomic mass is 9.87. The lowest BCUT2D eigenvalue weighted by Gasteiger charge is -2.28. The number of nitrogens with one attached hydrogen (secondary N) is 1. The maximum Gasteiger partial charge on any atom is 0.112 e. The minimum atomic E-state index is 0.575. The summed E-state index contributed by atoms with van der Waals surface area (Å²) in [6, 6.07) is 5.36. The van der Waals surface area contributed by atoms with E-state index in [2.05, 4.69) is 40.0 Å². The SMILES string of the molecule is IC1CCC(Nc2cc(C3CCCCCCCCCCCC3)cc3nccnc23)CC1. The molecule has 1 aromatic heterocycles. The standard InChI is InChI=1S/C27H40IN3/c28-23-13-15-24(16-14-23)31-26-20-22(19-25-27(26)30-18-17-29-25)21-11-9-7-5-3-1-2-4-6-8-10-12-21/h17-21,23-24,31H,1-16H2. The van der Waals surface area contributed by atoms with Crippen LogP contribution in [0.15, 0.2) is 24.5 Å². The molecule has 2 fully saturated rings. The topological polar surface area (TPSA) is 37.8 Å². The second-order valence-electron chi connectivity index (χ2n) is 9.90. The maximum atomic E-state index is 4.72. The third-order valence-corrected chi connectivity index (χ3v) is 8.68. The molecule has 4 rings (SSSR count). The van der Waals surface area contributed by atoms with Crippen LogP contribution in [0.1, 0.15) is 114 Å². The van der Waals surface area contributed by atoms with Crippen LogP contribution in [-0.2, 0) is 0 Å². The first kappa shape index (κ1) is 23.3. The number of aromatic nitrogens is 2. The fourth-order valence-corrected chi connectivity index (χ4v) is 6.25. The molecule has 0 amide bonds. The number of anilines is 1. The molecule has 2 aliphatic rings. The summed E-state index contributed by atoms with van der Waals surface area (Å²) in [6.07, 6.45) is 25.6. The van der Waals surface area contributed by atoms with Crippen molar-refractivity contribution in [3.05, 3.63) is 30.1 Å². The number of nitrogens with zero attached hydrogens (tertiary/aromatic N) is 2. The van der Waals surface area contributed by atoms with Gasteiger partial charge in [0.1, 0.15) is 5.52 Å². The summed E-state index contributed by atoms with van der Waals surface area (Å²) in [6.45, 7) is 0. The molecule has 3 nitrogen and oxygen atoms in total. The Morgan fingerprint density at radius 1 is 0.677 bits per heavy atom. The Balaban J connectivity index is 1.54. The minimum absolute atomic E-state index is 0.575. The number of rotatable bonds is 3. The van der Waals surface area contributed by atoms with E-state index in [1.807, 2.05) is 12.4 Å². The Hall–Kier alpha value is -0.910. The van der Waals surface area contributed by atoms with E-state index in [-0.39, 0.29) is 0 Å². The molecule has 0 bridgehead atoms. The molecule has 2 aromatic rings. The second-order valence-corrected chi connectivity index (χ2v) is 11.7. The molecule has 0 spiro atoms. The van der Waals surface area contributed by atoms with Crippen molar-refractivity contribution < 1.29 is 0 Å². The van der Waals surface area contributed by atoms with Crippen LogP contribution < -0.4 is 5.32 Å². The normalized spacial score (nSPS) is 25.3. The average Bonchev–Trinajstić information content (AvgIpc) is 2.82. The van der Waals surface area contributed by atoms with Crippen molar-refractivity contribution in [2.45, 2.75) is 119 Å². The maximum absolute atomic E-state index is 4.72. The molecule has 0 radical (unpaired) electrons. The zero-order valence-corrected chi connectivity index (χ0v) is 21.3. The van der Waals surface area contributed by atoms with Gasteiger partial charge in [0.15, 0.2) is 0 Å². The van der Waals surface area contributed by atoms with Gasteiger partial charge >= 0.3 is 0 Å². The highest BCUT2D eigenvalue weighted by Crippen LogP contribution is 2.35. The largest absolute Gasteiger partial charge is 0.380 e. The van der Waals surface area contributed by atoms with Crippen molar-refractivity contribution in [1.29, 1.82) is 0 Å². The summed E-state index contributed by atoms with van der Waals surface area (Å²) in [5, 5.41) is 3.89. The number of hydrogen-bond donors (Lipinski definition) is 1. The summed E-state index contributed by atoms with van der Waals surface area (Å²) in [7, 11) is 0. The summed E-state index contributed by atoms with van der Waals surface area (Å²) < 4.78 is 0.846. The predicted octanol–water partition coefficient (Wildman–Crippen LogP) is 8.57. The Morgan fingerprint density at radius 3 is 1.90 bits per heavy atom. The highest BCUT2D eigenvalue weighted by atomic mass is 127. The van der Waals surface area contributed by atoms with Crippen LogP contribution in [0, 0.1) is 0 Å². The molecule has 170 valence electrons. The fraction of sp³-hybridized carbons (Fsp3) is 0.704. The molecule has 4 heteroatoms. The number of halogens is 1. The smallest absolute Gasteiger partial charge is 0.112 e. The Kier molecular flexibility index (Phi) is 9.27. The van der Waals surface area contributed by atoms with Gasteiger partial charge in [-0.3, -0.25) is 9.97 Å². The molecule has 2 aliphatic carbocycles. The summed E-state index contributed by atoms with van der Waals surface area (Å²) in [5.41, 5.74) is 4.83. The average molecular weight is 534 g/mol. The van der Waals surface area contributed by atoms with Crippen LogP contribution in [0.3, 0.4) is 0 Å². The number of alkyl halides is 1. The van der Waals surface area contributed by atoms with Gasteiger partial charge in [-0.15, -0.1) is 0 Å². The molecular formula is C27H40IN3. The molecule has 0 atom stereocenters. The van der Waals surface area contributed by atoms with Crippen molar-refractivity contribution in [3.63, 3.8) is 0 Å². The van der Waals surface area contributed by atoms with Gasteiger partial charge in [-0.05, 0) is 62.1 Å². The van der Waals surface area contributed by atoms with Gasteiger partial charge in [0, 0.05) is 22.4 Å². The first-order chi connectivity index (χ1) is 15.3. The van der Waals surface area contributed by atoms with Crippen molar-refractivity contribution in [2.75, 3.05) is 5.32 Å². The van der Waals surface area contributed by atoms with Gasteiger partial charge in [-0.1, -0.05) is 86.8 Å². The quantitative estimate of drug-likeness (QED) is 0.317. The molecule has 0 saturated heterocycles. The monoisotopic (exact) mass is 533 g/mol. The van der Waals surface area contributed by atoms with Gasteiger partial charge in [0.2, 0.25) is 0 Å². The van der Waals surface area contributed by atoms with E-state index in [0.717, 1.165) is 15.0 Å². The molecule has 1 N–H and O–H groups in total. The lowest BCUT2D eigenvalue weighted by Crippen LogP contribution is -2.26. The van der Waals surface area contributed by atoms with Gasteiger partial charge in [-0.2, -0.15) is 0 Å². The van der Waals surface area contributed by atoms with Gasteiger partial charge < -0.3 is 5.32 Å². The highest BCUT2D eigenvalue weighted by Gasteiger charge is 2.21. The Morgan fingerprint density at radius 2 is 1.26 bits per heavy atom. The molecule has 0 aliphatic heterocycles. The van der Waals surface area contributed by atoms with Gasteiger partial charge in [0.25, 0.3) is 0 Å². The second kappa shape index (κ2) is 12.4. The summed E-state index contributed by atoms with van der Waals surface area (Å²) in [4.78, 5) is 9.43. The van der Waals surface area contributed by atoms with E-state index in [0.29, 0.717) is 12.0 Å². The van der Waals surface area contributed by atoms with Crippen molar-refractivity contribution in [2.24, 2.45) is 0 Å². The summed E-state index contributed by atoms with van der Waals surface area (Å²) in [5.74, 6) is 0.665. The van der Waals surface area contributed by atoms with Crippen molar-refractivity contribution in [1.82, 2.24) is 9.97 Å². The van der Waals surface area contributed by atoms with Gasteiger partial charge in [-0.25, -0.2) is 0 Å². The molecule has 1 heterocycles. The van der Waals surface area contributed by atoms with E-state index < -0.39 is 0 Å². The van der Waals surface area contributed by atoms with E-state index in [1.54, 1.807) is 0 Å². The number of benzene rings is 1. The Labute approximate surface area is 202 Å². The van der Waals surface area contributed by atoms with Gasteiger partial charge in [0.05, 0.1) is 11.2 Å². The third-order valence-electron chi connectivity index (χ3n) is 7.44. The highest BCUT2D eigenvalue weighted by molar-refractivity contribution is 14.1. The molecule has 0 unspecified atom stereocenters. The van der Waals surface area contributed by atoms with Crippen LogP contribution in [-0.4, -0.2) is 19.9 Å². The van der Waals surface area contributed by atoms with E-state index in [9.17, 15) is 0 Å². The first-order valence-electron chi connectivity index (χ1n) is 12.9. The first-order valence-corrected chi connectivity index (χ1v) is 14.2. The number of fused-ring (bicyclic) bond motifs is 1. The molecule has 2 saturated carbocycles. The van der Waals surface area contributed by atoms with E-state index in [1.165, 1.54) is 114 Å². The zero-order valence-electron chi connectivity index (χ0n) is 19.1. The van der Waals surface area contributed by atoms with Crippen LogP contribution in [0.25, 0.3) is 11.0 Å². The third kappa shape index (κ3) is 7.03. The van der Waals surface area contributed by atoms with Crippen LogP contribution >= 0.6 is 22.6 Å². The van der Waals surface area contributed by atoms with Crippen molar-refractivity contribution >= 4 is 39.3 Å². The molecule has 1 aromatic carbocycles. The van der Waals surface area contributed by atoms with Crippen LogP contribution in [0.4, 0.5) is 5.69 Å². The zero-order chi connectivity index (χ0) is 21.3. The lowest BCUT2D eigenvalue weighted by molar-refractivity contribution is 0.482. The van der Waals surface area contributed by atoms with Crippen LogP contribution in [0.2, 0.25) is 0 Å². The molecule has 31 heavy (non-hydrogen) atoms. The van der Waals surface area contributed by atoms with E-state index in [4.69, 9.17) is 9.97 Å². The fourth-order valence-electron chi connectivity index (χ4n) is 5.53. The van der Waals surface area contributed by atoms with Crippen molar-refractivity contribution in [3.8, 4) is 0 Å². The Bertz CT molecular complexity index is 786. The molecular weight excluding hydrogens is 493 g/mol. The van der Waals surface area contributed by atoms with E-state index >= 15 is 0 Å². The van der Waals surface area contributed by atoms with Crippen LogP contribution in [0.5, 0.6) is 0 Å². The minimum Gasteiger partial charge on any atom is -0.380 e. The predicted molar refractivity (Wildman–Crippen MR) is 141 cm³/mol.